The van der Waals surface area contributed by atoms with Crippen LogP contribution < -0.4 is 20.0 Å². The van der Waals surface area contributed by atoms with E-state index in [1.807, 2.05) is 17.0 Å². The minimum atomic E-state index is -1.07. The molecule has 0 radical (unpaired) electrons. The second kappa shape index (κ2) is 22.4. The summed E-state index contributed by atoms with van der Waals surface area (Å²) < 4.78 is 2.07. The van der Waals surface area contributed by atoms with E-state index in [0.29, 0.717) is 99.5 Å². The van der Waals surface area contributed by atoms with Crippen molar-refractivity contribution in [2.24, 2.45) is 15.0 Å². The molecule has 0 aliphatic carbocycles. The number of nitrogens with one attached hydrogen (secondary N) is 1. The van der Waals surface area contributed by atoms with Gasteiger partial charge >= 0.3 is 17.9 Å². The molecular formula is C46H46Br3N15O8. The second-order valence-corrected chi connectivity index (χ2v) is 18.1. The van der Waals surface area contributed by atoms with Crippen LogP contribution >= 0.6 is 47.8 Å². The van der Waals surface area contributed by atoms with E-state index >= 15 is 0 Å². The summed E-state index contributed by atoms with van der Waals surface area (Å²) in [7, 11) is 0. The Morgan fingerprint density at radius 3 is 1.68 bits per heavy atom. The number of halogens is 3. The van der Waals surface area contributed by atoms with Gasteiger partial charge in [-0.15, -0.1) is 0 Å². The number of amides is 2. The number of carboxylic acid groups (broad SMARTS) is 3. The number of aliphatic imine (C=N–C) groups is 3. The first-order valence-corrected chi connectivity index (χ1v) is 23.9. The Labute approximate surface area is 436 Å². The summed E-state index contributed by atoms with van der Waals surface area (Å²) in [4.78, 5) is 106. The van der Waals surface area contributed by atoms with Crippen molar-refractivity contribution in [3.8, 4) is 0 Å². The predicted molar refractivity (Wildman–Crippen MR) is 280 cm³/mol. The van der Waals surface area contributed by atoms with Gasteiger partial charge in [0.1, 0.15) is 28.6 Å². The third-order valence-corrected chi connectivity index (χ3v) is 13.9. The van der Waals surface area contributed by atoms with Crippen molar-refractivity contribution in [2.45, 2.75) is 46.2 Å². The lowest BCUT2D eigenvalue weighted by atomic mass is 10.1. The van der Waals surface area contributed by atoms with Crippen molar-refractivity contribution < 1.29 is 39.3 Å². The van der Waals surface area contributed by atoms with E-state index < -0.39 is 30.0 Å². The maximum absolute atomic E-state index is 12.6. The topological polar surface area (TPSA) is 289 Å². The summed E-state index contributed by atoms with van der Waals surface area (Å²) in [5.41, 5.74) is 6.27. The van der Waals surface area contributed by atoms with Gasteiger partial charge in [-0.25, -0.2) is 4.79 Å². The molecule has 11 rings (SSSR count). The zero-order valence-electron chi connectivity index (χ0n) is 36.4. The van der Waals surface area contributed by atoms with E-state index in [4.69, 9.17) is 5.11 Å². The first kappa shape index (κ1) is 52.5. The van der Waals surface area contributed by atoms with Crippen LogP contribution in [0, 0.1) is 0 Å². The normalized spacial score (nSPS) is 17.6. The second-order valence-electron chi connectivity index (χ2n) is 15.7. The molecule has 3 aromatic heterocycles. The van der Waals surface area contributed by atoms with Crippen LogP contribution in [-0.4, -0.2) is 161 Å². The van der Waals surface area contributed by atoms with E-state index in [1.165, 1.54) is 4.90 Å². The minimum absolute atomic E-state index is 0. The molecule has 23 nitrogen and oxygen atoms in total. The summed E-state index contributed by atoms with van der Waals surface area (Å²) in [6.45, 7) is 3.70. The summed E-state index contributed by atoms with van der Waals surface area (Å²) in [6.07, 6.45) is 9.25. The first-order valence-electron chi connectivity index (χ1n) is 21.5. The Morgan fingerprint density at radius 1 is 0.639 bits per heavy atom. The molecule has 5 aliphatic rings. The average Bonchev–Trinajstić information content (AvgIpc) is 4.20. The Bertz CT molecular complexity index is 3220. The number of benzene rings is 3. The Morgan fingerprint density at radius 2 is 1.15 bits per heavy atom. The van der Waals surface area contributed by atoms with E-state index in [0.717, 1.165) is 27.7 Å². The number of carboxylic acids is 3. The number of guanidine groups is 3. The number of aromatic nitrogens is 6. The molecule has 4 N–H and O–H groups in total. The molecule has 6 aromatic rings. The van der Waals surface area contributed by atoms with E-state index in [9.17, 15) is 34.2 Å². The van der Waals surface area contributed by atoms with Crippen LogP contribution in [0.3, 0.4) is 0 Å². The van der Waals surface area contributed by atoms with Crippen molar-refractivity contribution in [2.75, 3.05) is 60.5 Å². The molecule has 374 valence electrons. The number of aliphatic carboxylic acids is 3. The van der Waals surface area contributed by atoms with Crippen LogP contribution in [0.4, 0.5) is 17.1 Å². The van der Waals surface area contributed by atoms with Crippen molar-refractivity contribution in [3.05, 3.63) is 87.0 Å². The highest BCUT2D eigenvalue weighted by Gasteiger charge is 2.48. The molecule has 2 atom stereocenters. The van der Waals surface area contributed by atoms with Gasteiger partial charge in [-0.05, 0) is 84.2 Å². The molecule has 0 saturated carbocycles. The standard InChI is InChI=1S/2C15H12BrN5O3.C14H14BrN5O2.2CH4/c16-12-9(2-1-8-13(12)18-4-3-17-8)21-10(7-11(22)23)14(24)20-6-5-19-15(20)21;16-12-9(2-1-8-13(12)18-4-3-17-8)21-10(14(23)24)7-11(22)20-6-5-19-15(20)21;15-12-10(2-1-9-13(12)17-5-4-16-9)20(8-3-11(21)22)14-18-6-7-19-14;;/h1-4,10H,5-7H2,(H,22,23);1-4,10H,5-7H2,(H,23,24);1-2,4-5H,3,6-8H2,(H,18,19)(H,21,22);2*1H4. The Balaban J connectivity index is 0.000000156. The third kappa shape index (κ3) is 10.2. The number of fused-ring (bicyclic) bond motifs is 5. The molecule has 72 heavy (non-hydrogen) atoms. The van der Waals surface area contributed by atoms with Gasteiger partial charge < -0.3 is 25.5 Å². The average molecular weight is 1180 g/mol. The summed E-state index contributed by atoms with van der Waals surface area (Å²) in [6, 6.07) is 9.08. The van der Waals surface area contributed by atoms with Crippen molar-refractivity contribution in [1.82, 2.24) is 45.0 Å². The van der Waals surface area contributed by atoms with Gasteiger partial charge in [0.2, 0.25) is 17.8 Å². The molecule has 26 heteroatoms. The van der Waals surface area contributed by atoms with Gasteiger partial charge in [-0.1, -0.05) is 14.9 Å². The van der Waals surface area contributed by atoms with Gasteiger partial charge in [-0.2, -0.15) is 0 Å². The molecule has 2 fully saturated rings. The monoisotopic (exact) mass is 1170 g/mol. The molecule has 2 unspecified atom stereocenters. The Hall–Kier alpha value is -7.32. The van der Waals surface area contributed by atoms with Crippen LogP contribution in [0.2, 0.25) is 0 Å². The van der Waals surface area contributed by atoms with Crippen molar-refractivity contribution in [3.63, 3.8) is 0 Å². The number of anilines is 3. The zero-order chi connectivity index (χ0) is 49.2. The minimum Gasteiger partial charge on any atom is -0.481 e. The van der Waals surface area contributed by atoms with Crippen molar-refractivity contribution >= 4 is 146 Å². The van der Waals surface area contributed by atoms with Gasteiger partial charge in [0.25, 0.3) is 5.91 Å². The van der Waals surface area contributed by atoms with Crippen molar-refractivity contribution in [1.29, 1.82) is 0 Å². The lowest BCUT2D eigenvalue weighted by molar-refractivity contribution is -0.142. The smallest absolute Gasteiger partial charge is 0.327 e. The highest BCUT2D eigenvalue weighted by atomic mass is 79.9. The largest absolute Gasteiger partial charge is 0.481 e. The maximum Gasteiger partial charge on any atom is 0.327 e. The van der Waals surface area contributed by atoms with E-state index in [1.54, 1.807) is 76.1 Å². The van der Waals surface area contributed by atoms with Crippen LogP contribution in [0.5, 0.6) is 0 Å². The first-order chi connectivity index (χ1) is 33.8. The van der Waals surface area contributed by atoms with Crippen LogP contribution in [0.15, 0.2) is 102 Å². The molecule has 0 bridgehead atoms. The van der Waals surface area contributed by atoms with Gasteiger partial charge in [0.15, 0.2) is 5.96 Å². The molecule has 0 spiro atoms. The summed E-state index contributed by atoms with van der Waals surface area (Å²) in [5, 5.41) is 30.9. The molecule has 5 aliphatic heterocycles. The predicted octanol–water partition coefficient (Wildman–Crippen LogP) is 5.41. The fourth-order valence-corrected chi connectivity index (χ4v) is 10.3. The van der Waals surface area contributed by atoms with Gasteiger partial charge in [0, 0.05) is 63.4 Å². The summed E-state index contributed by atoms with van der Waals surface area (Å²) >= 11 is 10.6. The highest BCUT2D eigenvalue weighted by Crippen LogP contribution is 2.39. The van der Waals surface area contributed by atoms with Gasteiger partial charge in [0.05, 0.1) is 85.9 Å². The maximum atomic E-state index is 12.6. The highest BCUT2D eigenvalue weighted by molar-refractivity contribution is 9.11. The third-order valence-electron chi connectivity index (χ3n) is 11.5. The fraction of sp³-hybridized carbons (Fsp3) is 0.304. The summed E-state index contributed by atoms with van der Waals surface area (Å²) in [5.74, 6) is -1.84. The lowest BCUT2D eigenvalue weighted by Crippen LogP contribution is -2.59. The molecule has 2 saturated heterocycles. The number of hydrogen-bond donors (Lipinski definition) is 4. The molecule has 8 heterocycles. The molecule has 3 aromatic carbocycles. The number of hydrogen-bond acceptors (Lipinski definition) is 18. The SMILES string of the molecule is C.C.O=C(O)C1CC(=O)N2CCN=C2N1c1ccc2nccnc2c1Br.O=C(O)CC1C(=O)N2CCN=C2N1c1ccc2nccnc2c1Br.O=C(O)CCN(C1=NCCN1)c1ccc2nccnc2c1Br. The molecule has 2 amide bonds. The van der Waals surface area contributed by atoms with E-state index in [2.05, 4.69) is 98.0 Å². The number of rotatable bonds is 9. The van der Waals surface area contributed by atoms with Crippen LogP contribution in [-0.2, 0) is 24.0 Å². The number of nitrogens with zero attached hydrogens (tertiary/aromatic N) is 14. The van der Waals surface area contributed by atoms with Crippen LogP contribution in [0.1, 0.15) is 34.1 Å². The quantitative estimate of drug-likeness (QED) is 0.141. The number of carbonyl (C=O) groups is 5. The van der Waals surface area contributed by atoms with E-state index in [-0.39, 0.29) is 45.9 Å². The fourth-order valence-electron chi connectivity index (χ4n) is 8.43. The number of carbonyl (C=O) groups excluding carboxylic acids is 2. The molecular weight excluding hydrogens is 1130 g/mol. The lowest BCUT2D eigenvalue weighted by Gasteiger charge is -2.39. The van der Waals surface area contributed by atoms with Gasteiger partial charge in [-0.3, -0.25) is 83.7 Å². The van der Waals surface area contributed by atoms with Crippen LogP contribution in [0.25, 0.3) is 33.1 Å². The Kier molecular flexibility index (Phi) is 16.3. The zero-order valence-corrected chi connectivity index (χ0v) is 41.2.